The van der Waals surface area contributed by atoms with Gasteiger partial charge in [0.2, 0.25) is 5.91 Å². The normalized spacial score (nSPS) is 14.3. The van der Waals surface area contributed by atoms with Crippen LogP contribution >= 0.6 is 11.8 Å². The highest BCUT2D eigenvalue weighted by Gasteiger charge is 2.21. The van der Waals surface area contributed by atoms with Crippen molar-refractivity contribution in [3.05, 3.63) is 0 Å². The molecule has 0 bridgehead atoms. The summed E-state index contributed by atoms with van der Waals surface area (Å²) in [5, 5.41) is 11.1. The molecule has 5 nitrogen and oxygen atoms in total. The minimum atomic E-state index is -1.03. The van der Waals surface area contributed by atoms with Gasteiger partial charge in [-0.1, -0.05) is 6.92 Å². The summed E-state index contributed by atoms with van der Waals surface area (Å²) >= 11 is 1.60. The zero-order valence-electron chi connectivity index (χ0n) is 9.03. The lowest BCUT2D eigenvalue weighted by molar-refractivity contribution is -0.142. The molecular weight excluding hydrogens is 216 g/mol. The lowest BCUT2D eigenvalue weighted by atomic mass is 10.2. The molecule has 0 unspecified atom stereocenters. The molecule has 1 amide bonds. The maximum atomic E-state index is 11.4. The van der Waals surface area contributed by atoms with Crippen LogP contribution in [0.4, 0.5) is 0 Å². The van der Waals surface area contributed by atoms with Crippen LogP contribution in [0.25, 0.3) is 0 Å². The number of carbonyl (C=O) groups excluding carboxylic acids is 1. The van der Waals surface area contributed by atoms with Crippen molar-refractivity contribution >= 4 is 23.6 Å². The maximum absolute atomic E-state index is 11.4. The molecule has 0 radical (unpaired) electrons. The predicted molar refractivity (Wildman–Crippen MR) is 60.8 cm³/mol. The first kappa shape index (κ1) is 14.2. The molecule has 0 heterocycles. The van der Waals surface area contributed by atoms with Crippen LogP contribution in [0.15, 0.2) is 0 Å². The molecule has 0 aliphatic carbocycles. The summed E-state index contributed by atoms with van der Waals surface area (Å²) in [5.74, 6) is -0.625. The first-order valence-electron chi connectivity index (χ1n) is 4.80. The fourth-order valence-electron chi connectivity index (χ4n) is 0.993. The zero-order valence-corrected chi connectivity index (χ0v) is 9.84. The van der Waals surface area contributed by atoms with Crippen molar-refractivity contribution in [1.29, 1.82) is 0 Å². The van der Waals surface area contributed by atoms with Crippen LogP contribution in [0.3, 0.4) is 0 Å². The molecule has 0 aromatic rings. The maximum Gasteiger partial charge on any atom is 0.326 e. The van der Waals surface area contributed by atoms with E-state index in [1.165, 1.54) is 0 Å². The van der Waals surface area contributed by atoms with Gasteiger partial charge in [-0.3, -0.25) is 4.79 Å². The van der Waals surface area contributed by atoms with Gasteiger partial charge in [0.1, 0.15) is 6.04 Å². The molecule has 0 spiro atoms. The van der Waals surface area contributed by atoms with Gasteiger partial charge in [0.05, 0.1) is 6.04 Å². The minimum absolute atomic E-state index is 0.357. The Bertz CT molecular complexity index is 223. The lowest BCUT2D eigenvalue weighted by Crippen LogP contribution is -2.48. The van der Waals surface area contributed by atoms with Gasteiger partial charge < -0.3 is 16.2 Å². The summed E-state index contributed by atoms with van der Waals surface area (Å²) in [6.45, 7) is 1.70. The summed E-state index contributed by atoms with van der Waals surface area (Å²) in [6, 6.07) is -1.45. The van der Waals surface area contributed by atoms with Gasteiger partial charge in [-0.15, -0.1) is 0 Å². The molecule has 6 heteroatoms. The number of nitrogens with one attached hydrogen (secondary N) is 1. The molecule has 4 N–H and O–H groups in total. The fraction of sp³-hybridized carbons (Fsp3) is 0.778. The average molecular weight is 234 g/mol. The van der Waals surface area contributed by atoms with E-state index in [1.54, 1.807) is 18.7 Å². The van der Waals surface area contributed by atoms with Crippen molar-refractivity contribution in [3.8, 4) is 0 Å². The van der Waals surface area contributed by atoms with Gasteiger partial charge in [-0.05, 0) is 24.9 Å². The second-order valence-electron chi connectivity index (χ2n) is 3.20. The number of hydrogen-bond donors (Lipinski definition) is 3. The van der Waals surface area contributed by atoms with Gasteiger partial charge in [0.15, 0.2) is 0 Å². The number of aliphatic carboxylic acids is 1. The van der Waals surface area contributed by atoms with Crippen molar-refractivity contribution in [2.24, 2.45) is 5.73 Å². The second kappa shape index (κ2) is 7.53. The average Bonchev–Trinajstić information content (AvgIpc) is 2.21. The molecule has 0 aliphatic rings. The van der Waals surface area contributed by atoms with Crippen LogP contribution in [0, 0.1) is 0 Å². The molecule has 0 fully saturated rings. The molecular formula is C9H18N2O3S. The summed E-state index contributed by atoms with van der Waals surface area (Å²) in [7, 11) is 0. The number of carboxylic acid groups (broad SMARTS) is 1. The van der Waals surface area contributed by atoms with Crippen LogP contribution in [-0.2, 0) is 9.59 Å². The van der Waals surface area contributed by atoms with E-state index in [1.807, 2.05) is 6.26 Å². The van der Waals surface area contributed by atoms with Crippen molar-refractivity contribution < 1.29 is 14.7 Å². The van der Waals surface area contributed by atoms with Crippen LogP contribution in [0.2, 0.25) is 0 Å². The molecule has 0 saturated heterocycles. The van der Waals surface area contributed by atoms with E-state index in [2.05, 4.69) is 5.32 Å². The Hall–Kier alpha value is -0.750. The Labute approximate surface area is 93.8 Å². The summed E-state index contributed by atoms with van der Waals surface area (Å²) in [6.07, 6.45) is 2.84. The lowest BCUT2D eigenvalue weighted by Gasteiger charge is -2.16. The van der Waals surface area contributed by atoms with Crippen LogP contribution in [0.5, 0.6) is 0 Å². The Morgan fingerprint density at radius 2 is 2.13 bits per heavy atom. The molecule has 0 rings (SSSR count). The third-order valence-corrected chi connectivity index (χ3v) is 2.64. The van der Waals surface area contributed by atoms with E-state index in [-0.39, 0.29) is 0 Å². The standard InChI is InChI=1S/C9H18N2O3S/c1-3-7(9(13)14)11-8(12)6(10)4-5-15-2/h6-7H,3-5,10H2,1-2H3,(H,11,12)(H,13,14)/t6-,7-/m0/s1. The molecule has 0 aliphatic heterocycles. The number of carboxylic acids is 1. The molecule has 0 saturated carbocycles. The van der Waals surface area contributed by atoms with Gasteiger partial charge >= 0.3 is 5.97 Å². The number of amides is 1. The Morgan fingerprint density at radius 3 is 2.53 bits per heavy atom. The highest BCUT2D eigenvalue weighted by molar-refractivity contribution is 7.98. The predicted octanol–water partition coefficient (Wildman–Crippen LogP) is 0.0462. The minimum Gasteiger partial charge on any atom is -0.480 e. The van der Waals surface area contributed by atoms with Crippen molar-refractivity contribution in [2.45, 2.75) is 31.8 Å². The largest absolute Gasteiger partial charge is 0.480 e. The highest BCUT2D eigenvalue weighted by atomic mass is 32.2. The smallest absolute Gasteiger partial charge is 0.326 e. The topological polar surface area (TPSA) is 92.4 Å². The number of rotatable bonds is 7. The first-order chi connectivity index (χ1) is 7.02. The third-order valence-electron chi connectivity index (χ3n) is 1.99. The summed E-state index contributed by atoms with van der Waals surface area (Å²) in [5.41, 5.74) is 5.59. The first-order valence-corrected chi connectivity index (χ1v) is 6.20. The van der Waals surface area contributed by atoms with E-state index in [9.17, 15) is 9.59 Å². The van der Waals surface area contributed by atoms with Gasteiger partial charge in [-0.2, -0.15) is 11.8 Å². The quantitative estimate of drug-likeness (QED) is 0.578. The summed E-state index contributed by atoms with van der Waals surface area (Å²) in [4.78, 5) is 22.1. The number of hydrogen-bond acceptors (Lipinski definition) is 4. The highest BCUT2D eigenvalue weighted by Crippen LogP contribution is 2.00. The Morgan fingerprint density at radius 1 is 1.53 bits per heavy atom. The van der Waals surface area contributed by atoms with E-state index >= 15 is 0 Å². The molecule has 2 atom stereocenters. The second-order valence-corrected chi connectivity index (χ2v) is 4.18. The van der Waals surface area contributed by atoms with E-state index in [0.29, 0.717) is 12.8 Å². The van der Waals surface area contributed by atoms with Gasteiger partial charge in [0, 0.05) is 0 Å². The SMILES string of the molecule is CC[C@H](NC(=O)[C@@H](N)CCSC)C(=O)O. The van der Waals surface area contributed by atoms with E-state index in [0.717, 1.165) is 5.75 Å². The number of carbonyl (C=O) groups is 2. The van der Waals surface area contributed by atoms with Gasteiger partial charge in [0.25, 0.3) is 0 Å². The monoisotopic (exact) mass is 234 g/mol. The molecule has 0 aromatic heterocycles. The fourth-order valence-corrected chi connectivity index (χ4v) is 1.48. The van der Waals surface area contributed by atoms with E-state index in [4.69, 9.17) is 10.8 Å². The Balaban J connectivity index is 4.04. The van der Waals surface area contributed by atoms with Crippen molar-refractivity contribution in [3.63, 3.8) is 0 Å². The van der Waals surface area contributed by atoms with Gasteiger partial charge in [-0.25, -0.2) is 4.79 Å². The van der Waals surface area contributed by atoms with Crippen LogP contribution in [0.1, 0.15) is 19.8 Å². The third kappa shape index (κ3) is 5.64. The van der Waals surface area contributed by atoms with Crippen LogP contribution < -0.4 is 11.1 Å². The molecule has 0 aromatic carbocycles. The summed E-state index contributed by atoms with van der Waals surface area (Å²) < 4.78 is 0. The molecule has 15 heavy (non-hydrogen) atoms. The Kier molecular flexibility index (Phi) is 7.15. The van der Waals surface area contributed by atoms with Crippen LogP contribution in [-0.4, -0.2) is 41.1 Å². The number of nitrogens with two attached hydrogens (primary N) is 1. The van der Waals surface area contributed by atoms with Crippen molar-refractivity contribution in [2.75, 3.05) is 12.0 Å². The zero-order chi connectivity index (χ0) is 11.8. The van der Waals surface area contributed by atoms with Crippen molar-refractivity contribution in [1.82, 2.24) is 5.32 Å². The molecule has 88 valence electrons. The van der Waals surface area contributed by atoms with E-state index < -0.39 is 24.0 Å². The number of thioether (sulfide) groups is 1.